The maximum absolute atomic E-state index is 13.6. The van der Waals surface area contributed by atoms with E-state index in [-0.39, 0.29) is 93.4 Å². The average Bonchev–Trinajstić information content (AvgIpc) is 0.753. The van der Waals surface area contributed by atoms with Crippen LogP contribution in [-0.4, -0.2) is 573 Å². The van der Waals surface area contributed by atoms with Crippen LogP contribution in [0.3, 0.4) is 0 Å². The van der Waals surface area contributed by atoms with Crippen LogP contribution < -0.4 is 40.8 Å². The fourth-order valence-corrected chi connectivity index (χ4v) is 17.9. The lowest BCUT2D eigenvalue weighted by atomic mass is 9.95. The molecule has 0 saturated carbocycles. The zero-order valence-corrected chi connectivity index (χ0v) is 81.0. The number of carbonyl (C=O) groups is 7. The summed E-state index contributed by atoms with van der Waals surface area (Å²) in [6.07, 6.45) is -76.6. The molecule has 11 rings (SSSR count). The first-order chi connectivity index (χ1) is 71.4. The van der Waals surface area contributed by atoms with Crippen LogP contribution in [0.1, 0.15) is 63.2 Å². The number of aromatic carboxylic acids is 1. The minimum absolute atomic E-state index is 0.0384. The van der Waals surface area contributed by atoms with Gasteiger partial charge in [0, 0.05) is 53.0 Å². The van der Waals surface area contributed by atoms with E-state index in [1.165, 1.54) is 30.3 Å². The number of amides is 5. The molecule has 9 saturated heterocycles. The number of aliphatic hydroxyl groups excluding tert-OH is 27. The van der Waals surface area contributed by atoms with Crippen LogP contribution in [0.15, 0.2) is 36.4 Å². The zero-order valence-electron chi connectivity index (χ0n) is 81.0. The summed E-state index contributed by atoms with van der Waals surface area (Å²) in [5, 5.41) is 312. The maximum atomic E-state index is 13.6. The third kappa shape index (κ3) is 30.9. The van der Waals surface area contributed by atoms with Crippen LogP contribution in [0, 0.1) is 0 Å². The van der Waals surface area contributed by atoms with E-state index in [0.29, 0.717) is 0 Å². The van der Waals surface area contributed by atoms with Gasteiger partial charge in [0.05, 0.1) is 78.2 Å². The van der Waals surface area contributed by atoms with E-state index in [2.05, 4.69) is 26.6 Å². The van der Waals surface area contributed by atoms with Crippen molar-refractivity contribution in [3.63, 3.8) is 0 Å². The number of rotatable bonds is 51. The molecule has 854 valence electrons. The smallest absolute Gasteiger partial charge is 0.335 e. The Bertz CT molecular complexity index is 4380. The summed E-state index contributed by atoms with van der Waals surface area (Å²) in [6.45, 7) is -8.48. The normalized spacial score (nSPS) is 39.3. The number of carboxylic acids is 1. The number of carbonyl (C=O) groups excluding carboxylic acids is 6. The number of nitrogens with one attached hydrogen (secondary N) is 5. The topological polar surface area (TPSA) is 940 Å². The Morgan fingerprint density at radius 1 is 0.273 bits per heavy atom. The molecule has 5 amide bonds. The van der Waals surface area contributed by atoms with Crippen molar-refractivity contribution in [3.05, 3.63) is 42.0 Å². The van der Waals surface area contributed by atoms with Crippen LogP contribution in [0.25, 0.3) is 11.1 Å². The Balaban J connectivity index is 0.716. The highest BCUT2D eigenvalue weighted by Crippen LogP contribution is 2.41. The highest BCUT2D eigenvalue weighted by molar-refractivity contribution is 5.90. The molecule has 2 aromatic rings. The van der Waals surface area contributed by atoms with Crippen molar-refractivity contribution in [1.29, 1.82) is 0 Å². The second-order valence-electron chi connectivity index (χ2n) is 36.8. The van der Waals surface area contributed by atoms with Gasteiger partial charge < -0.3 is 269 Å². The molecule has 0 radical (unpaired) electrons. The Kier molecular flexibility index (Phi) is 47.0. The Morgan fingerprint density at radius 2 is 0.533 bits per heavy atom. The summed E-state index contributed by atoms with van der Waals surface area (Å²) in [6, 6.07) is 2.96. The molecule has 0 spiro atoms. The van der Waals surface area contributed by atoms with Gasteiger partial charge in [-0.2, -0.15) is 0 Å². The van der Waals surface area contributed by atoms with Gasteiger partial charge in [0.25, 0.3) is 11.8 Å². The van der Waals surface area contributed by atoms with Crippen molar-refractivity contribution in [2.24, 2.45) is 0 Å². The van der Waals surface area contributed by atoms with Gasteiger partial charge in [0.2, 0.25) is 17.7 Å². The Hall–Kier alpha value is -7.47. The van der Waals surface area contributed by atoms with E-state index in [4.69, 9.17) is 99.5 Å². The summed E-state index contributed by atoms with van der Waals surface area (Å²) in [5.74, 6) is -6.30. The SMILES string of the molecule is CC(=O)NC1[C@H](OCCCCC(=O)COc2cc(C(=O)O)cc(-c3cc(OCC(=O)NCCCO[C@@H]4OC(CO)[C@@H](O[C@@H]5OC(CO)[C@H](O)[C@H](O[C@H]6OC(CO)[C@H](O)[C@H](O)C6O)C5O)[C@H](O)C4NC(C)=O)cc(OCC(=O)NCCCO[C@@H]4OC(CO)[C@@H](O[C@@H]5OC(CO)[C@H](O)[C@H](O[C@H]6OC(CO)[C@H](O)[C@H](O)C6O)C5O)[C@H](O)C4NC(C)=O)c3)c2)OC(CO)[C@@H](O[C@@H]2OC(CO)[C@H](O)[C@H](O[C@H]3OC(CO)[C@H](O)[C@H](O)C3O)C2O)[C@@H]1O. The predicted octanol–water partition coefficient (Wildman–Crippen LogP) is -18.2. The molecule has 61 heteroatoms. The molecular weight excluding hydrogens is 2030 g/mol. The number of hydrogen-bond donors (Lipinski definition) is 33. The molecule has 2 aromatic carbocycles. The van der Waals surface area contributed by atoms with E-state index < -0.39 is 402 Å². The fraction of sp³-hybridized carbons (Fsp3) is 0.787. The second kappa shape index (κ2) is 57.5. The van der Waals surface area contributed by atoms with E-state index >= 15 is 0 Å². The first kappa shape index (κ1) is 123. The van der Waals surface area contributed by atoms with Crippen LogP contribution in [0.2, 0.25) is 0 Å². The van der Waals surface area contributed by atoms with Crippen molar-refractivity contribution in [3.8, 4) is 28.4 Å². The quantitative estimate of drug-likeness (QED) is 0.0274. The molecule has 0 aliphatic carbocycles. The lowest BCUT2D eigenvalue weighted by Gasteiger charge is -2.48. The molecule has 45 atom stereocenters. The number of carboxylic acid groups (broad SMARTS) is 1. The van der Waals surface area contributed by atoms with Crippen LogP contribution in [-0.2, 0) is 114 Å². The highest BCUT2D eigenvalue weighted by Gasteiger charge is 2.60. The summed E-state index contributed by atoms with van der Waals surface area (Å²) in [4.78, 5) is 91.5. The number of Topliss-reactive ketones (excluding diaryl/α,β-unsaturated/α-hetero) is 1. The summed E-state index contributed by atoms with van der Waals surface area (Å²) >= 11 is 0. The van der Waals surface area contributed by atoms with Gasteiger partial charge in [-0.25, -0.2) is 4.79 Å². The summed E-state index contributed by atoms with van der Waals surface area (Å²) in [5.41, 5.74) is -0.256. The first-order valence-corrected chi connectivity index (χ1v) is 48.1. The lowest BCUT2D eigenvalue weighted by Crippen LogP contribution is -2.68. The van der Waals surface area contributed by atoms with Crippen molar-refractivity contribution >= 4 is 41.3 Å². The van der Waals surface area contributed by atoms with Gasteiger partial charge in [0.15, 0.2) is 75.6 Å². The van der Waals surface area contributed by atoms with Crippen molar-refractivity contribution in [1.82, 2.24) is 26.6 Å². The minimum Gasteiger partial charge on any atom is -0.486 e. The van der Waals surface area contributed by atoms with Crippen molar-refractivity contribution in [2.75, 3.05) is 112 Å². The van der Waals surface area contributed by atoms with Crippen LogP contribution >= 0.6 is 0 Å². The van der Waals surface area contributed by atoms with E-state index in [9.17, 15) is 177 Å². The monoisotopic (exact) mass is 2170 g/mol. The molecule has 150 heavy (non-hydrogen) atoms. The highest BCUT2D eigenvalue weighted by atomic mass is 16.8. The zero-order chi connectivity index (χ0) is 110. The minimum atomic E-state index is -2.11. The molecule has 0 aromatic heterocycles. The third-order valence-electron chi connectivity index (χ3n) is 25.9. The number of ketones is 1. The van der Waals surface area contributed by atoms with Crippen molar-refractivity contribution < 1.29 is 276 Å². The van der Waals surface area contributed by atoms with Gasteiger partial charge in [-0.05, 0) is 67.1 Å². The second-order valence-corrected chi connectivity index (χ2v) is 36.8. The Labute approximate surface area is 852 Å². The number of hydrogen-bond acceptors (Lipinski definition) is 55. The van der Waals surface area contributed by atoms with Crippen LogP contribution in [0.5, 0.6) is 17.2 Å². The summed E-state index contributed by atoms with van der Waals surface area (Å²) in [7, 11) is 0. The Morgan fingerprint density at radius 3 is 0.827 bits per heavy atom. The van der Waals surface area contributed by atoms with Crippen LogP contribution in [0.4, 0.5) is 0 Å². The molecule has 9 aliphatic rings. The van der Waals surface area contributed by atoms with E-state index in [0.717, 1.165) is 26.8 Å². The number of unbranched alkanes of at least 4 members (excludes halogenated alkanes) is 1. The van der Waals surface area contributed by atoms with Gasteiger partial charge in [-0.1, -0.05) is 0 Å². The number of aliphatic hydroxyl groups is 27. The first-order valence-electron chi connectivity index (χ1n) is 48.1. The molecule has 33 N–H and O–H groups in total. The third-order valence-corrected chi connectivity index (χ3v) is 25.9. The molecule has 61 nitrogen and oxygen atoms in total. The van der Waals surface area contributed by atoms with E-state index in [1.807, 2.05) is 0 Å². The van der Waals surface area contributed by atoms with E-state index in [1.54, 1.807) is 0 Å². The van der Waals surface area contributed by atoms with Gasteiger partial charge in [-0.15, -0.1) is 0 Å². The van der Waals surface area contributed by atoms with Gasteiger partial charge >= 0.3 is 5.97 Å². The van der Waals surface area contributed by atoms with Gasteiger partial charge in [-0.3, -0.25) is 28.8 Å². The van der Waals surface area contributed by atoms with Crippen molar-refractivity contribution in [2.45, 2.75) is 329 Å². The molecule has 0 bridgehead atoms. The maximum Gasteiger partial charge on any atom is 0.335 e. The number of ether oxygens (including phenoxy) is 21. The molecule has 18 unspecified atom stereocenters. The summed E-state index contributed by atoms with van der Waals surface area (Å²) < 4.78 is 121. The predicted molar refractivity (Wildman–Crippen MR) is 479 cm³/mol. The fourth-order valence-electron chi connectivity index (χ4n) is 17.9. The molecule has 9 fully saturated rings. The molecule has 9 aliphatic heterocycles. The average molecular weight is 2170 g/mol. The lowest BCUT2D eigenvalue weighted by molar-refractivity contribution is -0.376. The van der Waals surface area contributed by atoms with Gasteiger partial charge in [0.1, 0.15) is 243 Å². The standard InChI is InChI=1S/C89H137N5O56/c1-32(104)92-53-62(116)74(145-87-71(125)77(59(113)45(23-98)139-87)148-84-68(122)65(119)56(110)42(20-95)136-84)48(26-101)142-81(53)130-11-5-4-8-38(107)29-133-39-15-35(14-37(18-39)80(128)129)36-16-40(134-30-51(108)90-9-6-12-131-82-54(93-33(2)105)63(117)75(49(27-102)143-82)146-88-72(126)78(60(114)46(24-99)140-88)149-85-69(123)66(120)57(111)43(21-96)137-85)19-41(17-36)135-31-52(109)91-10-7-13-132-83-55(94-34(3)106)64(118)76(50(28-103)144-83)147-89-73(127)79(61(115)47(25-100)141-89)150-86-70(124)67(121)58(112)44(22-97)138-86/h14-19,42-50,53-79,81-89,95-103,110-127H,4-13,20-31H2,1-3H3,(H,90,108)(H,91,109)(H,92,104)(H,93,105)(H,94,106)(H,128,129)/t42?,43?,44?,45?,46?,47?,48?,49?,50?,53?,54?,55?,56-,57-,58-,59-,60-,61-,62+,63+,64+,65-,66-,67-,68?,69?,70?,71?,72?,73?,74+,75+,76+,77-,78-,79-,81+,82+,83+,84+,85+,86+,87-,88-,89-/m0/s1. The number of benzene rings is 2. The molecular formula is C89H137N5O56. The molecule has 9 heterocycles. The largest absolute Gasteiger partial charge is 0.486 e.